The summed E-state index contributed by atoms with van der Waals surface area (Å²) in [5.41, 5.74) is 8.34. The Morgan fingerprint density at radius 1 is 1.22 bits per heavy atom. The van der Waals surface area contributed by atoms with E-state index in [9.17, 15) is 9.90 Å². The summed E-state index contributed by atoms with van der Waals surface area (Å²) < 4.78 is 0. The third kappa shape index (κ3) is 4.25. The van der Waals surface area contributed by atoms with Crippen molar-refractivity contribution in [3.05, 3.63) is 59.2 Å². The van der Waals surface area contributed by atoms with E-state index >= 15 is 0 Å². The van der Waals surface area contributed by atoms with Crippen LogP contribution in [0.2, 0.25) is 0 Å². The minimum absolute atomic E-state index is 0.0524. The van der Waals surface area contributed by atoms with Gasteiger partial charge in [-0.15, -0.1) is 0 Å². The van der Waals surface area contributed by atoms with Crippen LogP contribution in [0, 0.1) is 0 Å². The lowest BCUT2D eigenvalue weighted by atomic mass is 10.0. The molecule has 2 aromatic carbocycles. The van der Waals surface area contributed by atoms with Gasteiger partial charge in [0.2, 0.25) is 0 Å². The van der Waals surface area contributed by atoms with E-state index in [1.165, 1.54) is 5.56 Å². The van der Waals surface area contributed by atoms with Crippen molar-refractivity contribution in [1.82, 2.24) is 0 Å². The number of phenols is 1. The average molecular weight is 312 g/mol. The first kappa shape index (κ1) is 16.9. The number of primary amides is 1. The maximum Gasteiger partial charge on any atom is 0.252 e. The summed E-state index contributed by atoms with van der Waals surface area (Å²) in [6, 6.07) is 13.9. The fraction of sp³-hybridized carbons (Fsp3) is 0.316. The minimum Gasteiger partial charge on any atom is -0.505 e. The number of nitrogens with two attached hydrogens (primary N) is 1. The Balaban J connectivity index is 2.11. The van der Waals surface area contributed by atoms with Crippen LogP contribution in [0.1, 0.15) is 41.8 Å². The van der Waals surface area contributed by atoms with Crippen molar-refractivity contribution < 1.29 is 9.90 Å². The van der Waals surface area contributed by atoms with Gasteiger partial charge in [-0.2, -0.15) is 0 Å². The molecule has 0 aliphatic rings. The number of hydrogen-bond donors (Lipinski definition) is 3. The highest BCUT2D eigenvalue weighted by atomic mass is 16.3. The zero-order valence-electron chi connectivity index (χ0n) is 13.7. The Hall–Kier alpha value is -2.49. The quantitative estimate of drug-likeness (QED) is 0.685. The normalized spacial score (nSPS) is 11.9. The molecule has 0 saturated carbocycles. The van der Waals surface area contributed by atoms with Crippen LogP contribution in [0.25, 0.3) is 0 Å². The second kappa shape index (κ2) is 7.68. The van der Waals surface area contributed by atoms with Crippen LogP contribution in [0.3, 0.4) is 0 Å². The van der Waals surface area contributed by atoms with Crippen molar-refractivity contribution in [2.75, 3.05) is 5.32 Å². The third-order valence-electron chi connectivity index (χ3n) is 4.01. The molecule has 0 saturated heterocycles. The van der Waals surface area contributed by atoms with Crippen LogP contribution in [0.15, 0.2) is 42.5 Å². The van der Waals surface area contributed by atoms with E-state index in [-0.39, 0.29) is 17.4 Å². The standard InChI is InChI=1S/C19H24N2O2/c1-3-15-11-12-16(19(20)23)18(22)17(15)21-13(2)9-10-14-7-5-4-6-8-14/h4-8,11-13,21-22H,3,9-10H2,1-2H3,(H2,20,23). The maximum absolute atomic E-state index is 11.4. The smallest absolute Gasteiger partial charge is 0.252 e. The van der Waals surface area contributed by atoms with Crippen molar-refractivity contribution in [2.24, 2.45) is 5.73 Å². The highest BCUT2D eigenvalue weighted by Crippen LogP contribution is 2.32. The number of aromatic hydroxyl groups is 1. The van der Waals surface area contributed by atoms with Gasteiger partial charge in [-0.1, -0.05) is 43.3 Å². The van der Waals surface area contributed by atoms with E-state index in [2.05, 4.69) is 24.4 Å². The molecule has 0 aromatic heterocycles. The molecule has 2 rings (SSSR count). The van der Waals surface area contributed by atoms with E-state index < -0.39 is 5.91 Å². The molecule has 0 aliphatic heterocycles. The fourth-order valence-corrected chi connectivity index (χ4v) is 2.63. The highest BCUT2D eigenvalue weighted by Gasteiger charge is 2.16. The van der Waals surface area contributed by atoms with Gasteiger partial charge in [0, 0.05) is 6.04 Å². The Labute approximate surface area is 137 Å². The first-order valence-electron chi connectivity index (χ1n) is 7.98. The number of aryl methyl sites for hydroxylation is 2. The van der Waals surface area contributed by atoms with Crippen molar-refractivity contribution in [2.45, 2.75) is 39.2 Å². The summed E-state index contributed by atoms with van der Waals surface area (Å²) in [4.78, 5) is 11.4. The highest BCUT2D eigenvalue weighted by molar-refractivity contribution is 5.97. The van der Waals surface area contributed by atoms with E-state index in [0.717, 1.165) is 24.8 Å². The molecule has 0 aliphatic carbocycles. The summed E-state index contributed by atoms with van der Waals surface area (Å²) in [6.07, 6.45) is 2.64. The second-order valence-electron chi connectivity index (χ2n) is 5.78. The molecule has 122 valence electrons. The molecule has 4 heteroatoms. The van der Waals surface area contributed by atoms with Gasteiger partial charge in [0.05, 0.1) is 11.3 Å². The first-order valence-corrected chi connectivity index (χ1v) is 7.98. The van der Waals surface area contributed by atoms with Crippen LogP contribution in [-0.4, -0.2) is 17.1 Å². The number of hydrogen-bond acceptors (Lipinski definition) is 3. The van der Waals surface area contributed by atoms with Gasteiger partial charge in [0.25, 0.3) is 5.91 Å². The fourth-order valence-electron chi connectivity index (χ4n) is 2.63. The topological polar surface area (TPSA) is 75.4 Å². The Bertz CT molecular complexity index is 669. The molecule has 1 unspecified atom stereocenters. The molecule has 4 N–H and O–H groups in total. The summed E-state index contributed by atoms with van der Waals surface area (Å²) in [6.45, 7) is 4.08. The molecular weight excluding hydrogens is 288 g/mol. The predicted molar refractivity (Wildman–Crippen MR) is 93.9 cm³/mol. The zero-order chi connectivity index (χ0) is 16.8. The zero-order valence-corrected chi connectivity index (χ0v) is 13.7. The lowest BCUT2D eigenvalue weighted by Crippen LogP contribution is -2.19. The molecular formula is C19H24N2O2. The van der Waals surface area contributed by atoms with Gasteiger partial charge >= 0.3 is 0 Å². The summed E-state index contributed by atoms with van der Waals surface area (Å²) in [7, 11) is 0. The Morgan fingerprint density at radius 3 is 2.52 bits per heavy atom. The molecule has 0 bridgehead atoms. The third-order valence-corrected chi connectivity index (χ3v) is 4.01. The Kier molecular flexibility index (Phi) is 5.63. The van der Waals surface area contributed by atoms with Gasteiger partial charge < -0.3 is 16.2 Å². The number of rotatable bonds is 7. The molecule has 0 fully saturated rings. The van der Waals surface area contributed by atoms with Crippen molar-refractivity contribution in [3.8, 4) is 5.75 Å². The molecule has 23 heavy (non-hydrogen) atoms. The molecule has 1 atom stereocenters. The molecule has 0 heterocycles. The predicted octanol–water partition coefficient (Wildman–Crippen LogP) is 3.49. The number of amides is 1. The maximum atomic E-state index is 11.4. The van der Waals surface area contributed by atoms with Crippen molar-refractivity contribution in [1.29, 1.82) is 0 Å². The summed E-state index contributed by atoms with van der Waals surface area (Å²) in [5, 5.41) is 13.7. The van der Waals surface area contributed by atoms with E-state index in [1.54, 1.807) is 6.07 Å². The largest absolute Gasteiger partial charge is 0.505 e. The summed E-state index contributed by atoms with van der Waals surface area (Å²) in [5.74, 6) is -0.673. The number of anilines is 1. The lowest BCUT2D eigenvalue weighted by molar-refractivity contribution is 0.0998. The van der Waals surface area contributed by atoms with E-state index in [4.69, 9.17) is 5.73 Å². The number of benzene rings is 2. The van der Waals surface area contributed by atoms with Gasteiger partial charge in [0.15, 0.2) is 5.75 Å². The SMILES string of the molecule is CCc1ccc(C(N)=O)c(O)c1NC(C)CCc1ccccc1. The monoisotopic (exact) mass is 312 g/mol. The van der Waals surface area contributed by atoms with Crippen LogP contribution in [0.4, 0.5) is 5.69 Å². The first-order chi connectivity index (χ1) is 11.0. The van der Waals surface area contributed by atoms with Gasteiger partial charge in [-0.25, -0.2) is 0 Å². The van der Waals surface area contributed by atoms with Gasteiger partial charge in [0.1, 0.15) is 0 Å². The summed E-state index contributed by atoms with van der Waals surface area (Å²) >= 11 is 0. The molecule has 0 radical (unpaired) electrons. The average Bonchev–Trinajstić information content (AvgIpc) is 2.55. The van der Waals surface area contributed by atoms with E-state index in [0.29, 0.717) is 5.69 Å². The second-order valence-corrected chi connectivity index (χ2v) is 5.78. The Morgan fingerprint density at radius 2 is 1.91 bits per heavy atom. The van der Waals surface area contributed by atoms with Crippen molar-refractivity contribution in [3.63, 3.8) is 0 Å². The lowest BCUT2D eigenvalue weighted by Gasteiger charge is -2.20. The van der Waals surface area contributed by atoms with Crippen LogP contribution in [-0.2, 0) is 12.8 Å². The van der Waals surface area contributed by atoms with E-state index in [1.807, 2.05) is 31.2 Å². The molecule has 1 amide bonds. The molecule has 2 aromatic rings. The van der Waals surface area contributed by atoms with Crippen molar-refractivity contribution >= 4 is 11.6 Å². The molecule has 0 spiro atoms. The number of nitrogens with one attached hydrogen (secondary N) is 1. The van der Waals surface area contributed by atoms with Crippen LogP contribution >= 0.6 is 0 Å². The number of carbonyl (C=O) groups is 1. The minimum atomic E-state index is -0.620. The van der Waals surface area contributed by atoms with Gasteiger partial charge in [-0.05, 0) is 43.4 Å². The molecule has 4 nitrogen and oxygen atoms in total. The van der Waals surface area contributed by atoms with Crippen LogP contribution < -0.4 is 11.1 Å². The van der Waals surface area contributed by atoms with Gasteiger partial charge in [-0.3, -0.25) is 4.79 Å². The van der Waals surface area contributed by atoms with Crippen LogP contribution in [0.5, 0.6) is 5.75 Å². The number of carbonyl (C=O) groups excluding carboxylic acids is 1.